The van der Waals surface area contributed by atoms with Gasteiger partial charge in [-0.15, -0.1) is 0 Å². The third kappa shape index (κ3) is 6.20. The van der Waals surface area contributed by atoms with Crippen LogP contribution in [0.15, 0.2) is 83.9 Å². The van der Waals surface area contributed by atoms with Crippen molar-refractivity contribution in [2.45, 2.75) is 42.9 Å². The summed E-state index contributed by atoms with van der Waals surface area (Å²) in [5.41, 5.74) is 1.58. The van der Waals surface area contributed by atoms with Gasteiger partial charge in [0.1, 0.15) is 5.82 Å². The van der Waals surface area contributed by atoms with Gasteiger partial charge in [0.15, 0.2) is 0 Å². The van der Waals surface area contributed by atoms with E-state index in [-0.39, 0.29) is 24.0 Å². The molecule has 1 aromatic heterocycles. The van der Waals surface area contributed by atoms with Gasteiger partial charge >= 0.3 is 6.18 Å². The Morgan fingerprint density at radius 1 is 0.950 bits per heavy atom. The molecule has 6 nitrogen and oxygen atoms in total. The fourth-order valence-corrected chi connectivity index (χ4v) is 6.29. The topological polar surface area (TPSA) is 73.5 Å². The molecule has 40 heavy (non-hydrogen) atoms. The number of carbonyl (C=O) groups excluding carboxylic acids is 1. The summed E-state index contributed by atoms with van der Waals surface area (Å²) in [6, 6.07) is 16.4. The summed E-state index contributed by atoms with van der Waals surface area (Å²) in [6.07, 6.45) is -0.988. The second-order valence-corrected chi connectivity index (χ2v) is 11.7. The van der Waals surface area contributed by atoms with E-state index < -0.39 is 40.0 Å². The number of aromatic nitrogens is 1. The number of fused-ring (bicyclic) bond motifs is 1. The molecule has 210 valence electrons. The summed E-state index contributed by atoms with van der Waals surface area (Å²) in [7, 11) is -4.08. The zero-order valence-electron chi connectivity index (χ0n) is 21.4. The Bertz CT molecular complexity index is 1600. The van der Waals surface area contributed by atoms with Crippen LogP contribution in [0.3, 0.4) is 0 Å². The molecule has 0 bridgehead atoms. The molecule has 4 aromatic rings. The third-order valence-corrected chi connectivity index (χ3v) is 8.91. The first-order valence-electron chi connectivity index (χ1n) is 12.8. The summed E-state index contributed by atoms with van der Waals surface area (Å²) >= 11 is 0. The fraction of sp³-hybridized carbons (Fsp3) is 0.276. The molecular weight excluding hydrogens is 546 g/mol. The molecule has 1 heterocycles. The van der Waals surface area contributed by atoms with Crippen LogP contribution < -0.4 is 0 Å². The maximum atomic E-state index is 13.6. The summed E-state index contributed by atoms with van der Waals surface area (Å²) in [5.74, 6) is -1.05. The fourth-order valence-electron chi connectivity index (χ4n) is 4.65. The number of sulfonamides is 1. The highest BCUT2D eigenvalue weighted by molar-refractivity contribution is 7.89. The number of H-pyrrole nitrogens is 1. The number of rotatable bonds is 10. The minimum Gasteiger partial charge on any atom is -0.361 e. The molecule has 0 atom stereocenters. The maximum Gasteiger partial charge on any atom is 0.416 e. The molecule has 1 fully saturated rings. The van der Waals surface area contributed by atoms with E-state index in [2.05, 4.69) is 4.98 Å². The average molecular weight is 574 g/mol. The number of nitrogens with zero attached hydrogens (tertiary/aromatic N) is 2. The number of hydrogen-bond acceptors (Lipinski definition) is 3. The number of aromatic amines is 1. The lowest BCUT2D eigenvalue weighted by atomic mass is 10.1. The maximum absolute atomic E-state index is 13.6. The highest BCUT2D eigenvalue weighted by Crippen LogP contribution is 2.33. The van der Waals surface area contributed by atoms with Gasteiger partial charge in [-0.25, -0.2) is 12.8 Å². The van der Waals surface area contributed by atoms with Gasteiger partial charge < -0.3 is 9.88 Å². The molecule has 0 saturated heterocycles. The molecule has 0 spiro atoms. The van der Waals surface area contributed by atoms with Gasteiger partial charge in [0.2, 0.25) is 15.9 Å². The summed E-state index contributed by atoms with van der Waals surface area (Å²) in [6.45, 7) is -0.204. The third-order valence-electron chi connectivity index (χ3n) is 7.00. The van der Waals surface area contributed by atoms with Gasteiger partial charge in [-0.3, -0.25) is 4.79 Å². The second kappa shape index (κ2) is 11.1. The molecule has 0 unspecified atom stereocenters. The number of benzene rings is 3. The van der Waals surface area contributed by atoms with Crippen molar-refractivity contribution in [1.29, 1.82) is 0 Å². The number of nitrogens with one attached hydrogen (secondary N) is 1. The number of halogens is 4. The Labute approximate surface area is 229 Å². The smallest absolute Gasteiger partial charge is 0.361 e. The van der Waals surface area contributed by atoms with E-state index in [1.54, 1.807) is 0 Å². The van der Waals surface area contributed by atoms with Gasteiger partial charge in [-0.1, -0.05) is 30.3 Å². The van der Waals surface area contributed by atoms with Crippen molar-refractivity contribution in [2.24, 2.45) is 0 Å². The van der Waals surface area contributed by atoms with E-state index in [9.17, 15) is 30.8 Å². The molecule has 1 amide bonds. The Balaban J connectivity index is 1.39. The van der Waals surface area contributed by atoms with Gasteiger partial charge in [0, 0.05) is 36.2 Å². The quantitative estimate of drug-likeness (QED) is 0.246. The monoisotopic (exact) mass is 573 g/mol. The van der Waals surface area contributed by atoms with Crippen molar-refractivity contribution in [3.63, 3.8) is 0 Å². The lowest BCUT2D eigenvalue weighted by molar-refractivity contribution is -0.137. The average Bonchev–Trinajstić information content (AvgIpc) is 3.68. The van der Waals surface area contributed by atoms with E-state index in [1.165, 1.54) is 29.2 Å². The van der Waals surface area contributed by atoms with Crippen LogP contribution in [0.5, 0.6) is 0 Å². The van der Waals surface area contributed by atoms with Gasteiger partial charge in [-0.2, -0.15) is 17.5 Å². The lowest BCUT2D eigenvalue weighted by Gasteiger charge is -2.27. The number of carbonyl (C=O) groups is 1. The molecule has 1 aliphatic rings. The van der Waals surface area contributed by atoms with Crippen molar-refractivity contribution in [3.8, 4) is 0 Å². The van der Waals surface area contributed by atoms with Crippen LogP contribution in [0.2, 0.25) is 0 Å². The van der Waals surface area contributed by atoms with E-state index in [0.717, 1.165) is 45.0 Å². The van der Waals surface area contributed by atoms with Crippen molar-refractivity contribution in [2.75, 3.05) is 13.1 Å². The first kappa shape index (κ1) is 27.9. The standard InChI is InChI=1S/C29H27F4N3O3S/c30-23-9-13-25(14-10-23)40(38,39)36(24-11-12-24)19-28(37)35(18-20-5-7-22(8-6-20)29(31,32)33)16-15-21-17-34-27-4-2-1-3-26(21)27/h1-10,13-14,17,24,34H,11-12,15-16,18-19H2. The SMILES string of the molecule is O=C(CN(C1CC1)S(=O)(=O)c1ccc(F)cc1)N(CCc1c[nH]c2ccccc12)Cc1ccc(C(F)(F)F)cc1. The van der Waals surface area contributed by atoms with Crippen molar-refractivity contribution in [1.82, 2.24) is 14.2 Å². The summed E-state index contributed by atoms with van der Waals surface area (Å²) < 4.78 is 80.5. The first-order valence-corrected chi connectivity index (χ1v) is 14.2. The summed E-state index contributed by atoms with van der Waals surface area (Å²) in [4.78, 5) is 18.2. The Morgan fingerprint density at radius 3 is 2.27 bits per heavy atom. The molecule has 1 N–H and O–H groups in total. The molecule has 0 radical (unpaired) electrons. The number of hydrogen-bond donors (Lipinski definition) is 1. The largest absolute Gasteiger partial charge is 0.416 e. The molecule has 0 aliphatic heterocycles. The zero-order chi connectivity index (χ0) is 28.5. The normalized spacial score (nSPS) is 14.1. The van der Waals surface area contributed by atoms with E-state index in [0.29, 0.717) is 24.8 Å². The highest BCUT2D eigenvalue weighted by atomic mass is 32.2. The molecule has 5 rings (SSSR count). The molecular formula is C29H27F4N3O3S. The van der Waals surface area contributed by atoms with E-state index in [1.807, 2.05) is 30.5 Å². The van der Waals surface area contributed by atoms with Crippen LogP contribution in [-0.2, 0) is 34.0 Å². The van der Waals surface area contributed by atoms with Gasteiger partial charge in [0.05, 0.1) is 17.0 Å². The van der Waals surface area contributed by atoms with Crippen LogP contribution in [-0.4, -0.2) is 47.6 Å². The predicted octanol–water partition coefficient (Wildman–Crippen LogP) is 5.75. The zero-order valence-corrected chi connectivity index (χ0v) is 22.2. The van der Waals surface area contributed by atoms with Crippen LogP contribution >= 0.6 is 0 Å². The van der Waals surface area contributed by atoms with E-state index >= 15 is 0 Å². The minimum atomic E-state index is -4.48. The summed E-state index contributed by atoms with van der Waals surface area (Å²) in [5, 5.41) is 0.989. The van der Waals surface area contributed by atoms with Crippen LogP contribution in [0.25, 0.3) is 10.9 Å². The van der Waals surface area contributed by atoms with Crippen LogP contribution in [0, 0.1) is 5.82 Å². The Morgan fingerprint density at radius 2 is 1.62 bits per heavy atom. The second-order valence-electron chi connectivity index (χ2n) is 9.85. The predicted molar refractivity (Wildman–Crippen MR) is 142 cm³/mol. The van der Waals surface area contributed by atoms with Crippen molar-refractivity contribution in [3.05, 3.63) is 102 Å². The molecule has 11 heteroatoms. The van der Waals surface area contributed by atoms with Crippen molar-refractivity contribution >= 4 is 26.8 Å². The molecule has 1 saturated carbocycles. The number of para-hydroxylation sites is 1. The van der Waals surface area contributed by atoms with Gasteiger partial charge in [0.25, 0.3) is 0 Å². The van der Waals surface area contributed by atoms with Crippen molar-refractivity contribution < 1.29 is 30.8 Å². The van der Waals surface area contributed by atoms with Gasteiger partial charge in [-0.05, 0) is 72.9 Å². The first-order chi connectivity index (χ1) is 19.0. The van der Waals surface area contributed by atoms with Crippen LogP contribution in [0.1, 0.15) is 29.5 Å². The highest BCUT2D eigenvalue weighted by Gasteiger charge is 2.40. The lowest BCUT2D eigenvalue weighted by Crippen LogP contribution is -2.44. The molecule has 3 aromatic carbocycles. The Hall–Kier alpha value is -3.70. The number of amides is 1. The van der Waals surface area contributed by atoms with E-state index in [4.69, 9.17) is 0 Å². The Kier molecular flexibility index (Phi) is 7.70. The number of alkyl halides is 3. The van der Waals surface area contributed by atoms with Crippen LogP contribution in [0.4, 0.5) is 17.6 Å². The molecule has 1 aliphatic carbocycles. The minimum absolute atomic E-state index is 0.00836.